The molecule has 0 aromatic carbocycles. The van der Waals surface area contributed by atoms with Gasteiger partial charge < -0.3 is 39.4 Å². The molecule has 0 amide bonds. The first kappa shape index (κ1) is 52.9. The van der Waals surface area contributed by atoms with Crippen molar-refractivity contribution in [2.45, 2.75) is 211 Å². The lowest BCUT2D eigenvalue weighted by molar-refractivity contribution is -0.305. The van der Waals surface area contributed by atoms with Crippen molar-refractivity contribution in [2.24, 2.45) is 0 Å². The number of carbonyl (C=O) groups excluding carboxylic acids is 1. The lowest BCUT2D eigenvalue weighted by atomic mass is 9.99. The average Bonchev–Trinajstić information content (AvgIpc) is 3.21. The number of hydrogen-bond donors (Lipinski definition) is 4. The molecule has 0 aliphatic carbocycles. The maximum Gasteiger partial charge on any atom is 0.306 e. The first-order valence-electron chi connectivity index (χ1n) is 22.9. The molecule has 57 heavy (non-hydrogen) atoms. The summed E-state index contributed by atoms with van der Waals surface area (Å²) in [6.45, 7) is 4.38. The van der Waals surface area contributed by atoms with Crippen molar-refractivity contribution in [1.29, 1.82) is 0 Å². The molecule has 9 nitrogen and oxygen atoms in total. The summed E-state index contributed by atoms with van der Waals surface area (Å²) in [4.78, 5) is 12.8. The molecule has 0 bridgehead atoms. The summed E-state index contributed by atoms with van der Waals surface area (Å²) in [6.07, 6.45) is 42.5. The van der Waals surface area contributed by atoms with Crippen LogP contribution in [0.4, 0.5) is 0 Å². The molecule has 0 aromatic rings. The van der Waals surface area contributed by atoms with Gasteiger partial charge in [0.05, 0.1) is 19.8 Å². The SMILES string of the molecule is CC/C=C\C/C=C\C/C=C\C/C=C\CCCCC(=O)OC(COCCCCCCCCCC/C=C\CCCCCCCCC)COC1OC(CO)C(O)C(O)C1O. The molecule has 0 saturated carbocycles. The zero-order chi connectivity index (χ0) is 41.4. The molecule has 1 aliphatic rings. The standard InChI is InChI=1S/C48H84O9/c1-3-5-7-9-11-13-15-17-19-20-21-22-24-26-28-30-32-34-36-38-54-40-42(41-55-48-47(53)46(52)45(51)43(39-49)57-48)56-44(50)37-35-33-31-29-27-25-23-18-16-14-12-10-8-6-4-2/h6,8,12,14,18-20,23,27,29,42-43,45-49,51-53H,3-5,7,9-11,13,15-17,21-22,24-26,28,30-41H2,1-2H3/b8-6-,14-12-,20-19-,23-18-,29-27-. The highest BCUT2D eigenvalue weighted by molar-refractivity contribution is 5.69. The van der Waals surface area contributed by atoms with E-state index < -0.39 is 43.4 Å². The molecule has 6 atom stereocenters. The number of rotatable bonds is 38. The molecule has 1 rings (SSSR count). The van der Waals surface area contributed by atoms with Crippen LogP contribution in [0.15, 0.2) is 60.8 Å². The molecular formula is C48H84O9. The van der Waals surface area contributed by atoms with Crippen LogP contribution < -0.4 is 0 Å². The lowest BCUT2D eigenvalue weighted by Gasteiger charge is -2.39. The summed E-state index contributed by atoms with van der Waals surface area (Å²) in [5, 5.41) is 40.1. The number of aliphatic hydroxyl groups is 4. The van der Waals surface area contributed by atoms with Crippen LogP contribution in [-0.2, 0) is 23.7 Å². The van der Waals surface area contributed by atoms with E-state index in [1.807, 2.05) is 0 Å². The number of aliphatic hydroxyl groups excluding tert-OH is 4. The van der Waals surface area contributed by atoms with Gasteiger partial charge in [0.15, 0.2) is 6.29 Å². The highest BCUT2D eigenvalue weighted by atomic mass is 16.7. The van der Waals surface area contributed by atoms with Gasteiger partial charge >= 0.3 is 5.97 Å². The van der Waals surface area contributed by atoms with Crippen LogP contribution in [0.5, 0.6) is 0 Å². The molecular weight excluding hydrogens is 721 g/mol. The normalized spacial score (nSPS) is 21.0. The number of ether oxygens (including phenoxy) is 4. The van der Waals surface area contributed by atoms with Crippen molar-refractivity contribution >= 4 is 5.97 Å². The highest BCUT2D eigenvalue weighted by Gasteiger charge is 2.44. The monoisotopic (exact) mass is 805 g/mol. The zero-order valence-corrected chi connectivity index (χ0v) is 36.1. The van der Waals surface area contributed by atoms with Gasteiger partial charge in [-0.3, -0.25) is 4.79 Å². The third-order valence-corrected chi connectivity index (χ3v) is 10.2. The summed E-state index contributed by atoms with van der Waals surface area (Å²) < 4.78 is 22.8. The van der Waals surface area contributed by atoms with E-state index in [2.05, 4.69) is 74.6 Å². The Hall–Kier alpha value is -2.11. The van der Waals surface area contributed by atoms with Gasteiger partial charge in [0, 0.05) is 13.0 Å². The summed E-state index contributed by atoms with van der Waals surface area (Å²) in [7, 11) is 0. The fourth-order valence-electron chi connectivity index (χ4n) is 6.59. The second-order valence-electron chi connectivity index (χ2n) is 15.5. The van der Waals surface area contributed by atoms with Gasteiger partial charge in [0.25, 0.3) is 0 Å². The van der Waals surface area contributed by atoms with Crippen LogP contribution in [0.25, 0.3) is 0 Å². The lowest BCUT2D eigenvalue weighted by Crippen LogP contribution is -2.59. The van der Waals surface area contributed by atoms with E-state index in [1.165, 1.54) is 96.3 Å². The van der Waals surface area contributed by atoms with Crippen molar-refractivity contribution in [1.82, 2.24) is 0 Å². The fraction of sp³-hybridized carbons (Fsp3) is 0.771. The second-order valence-corrected chi connectivity index (χ2v) is 15.5. The van der Waals surface area contributed by atoms with E-state index in [0.717, 1.165) is 51.4 Å². The van der Waals surface area contributed by atoms with E-state index in [9.17, 15) is 25.2 Å². The van der Waals surface area contributed by atoms with Gasteiger partial charge in [0.1, 0.15) is 30.5 Å². The summed E-state index contributed by atoms with van der Waals surface area (Å²) in [5.74, 6) is -0.356. The predicted molar refractivity (Wildman–Crippen MR) is 233 cm³/mol. The highest BCUT2D eigenvalue weighted by Crippen LogP contribution is 2.22. The predicted octanol–water partition coefficient (Wildman–Crippen LogP) is 10.3. The van der Waals surface area contributed by atoms with Crippen LogP contribution in [0, 0.1) is 0 Å². The Morgan fingerprint density at radius 2 is 1.07 bits per heavy atom. The maximum absolute atomic E-state index is 12.8. The Bertz CT molecular complexity index is 1050. The molecule has 9 heteroatoms. The fourth-order valence-corrected chi connectivity index (χ4v) is 6.59. The van der Waals surface area contributed by atoms with E-state index >= 15 is 0 Å². The topological polar surface area (TPSA) is 135 Å². The van der Waals surface area contributed by atoms with Gasteiger partial charge in [-0.1, -0.05) is 152 Å². The van der Waals surface area contributed by atoms with Crippen molar-refractivity contribution in [2.75, 3.05) is 26.4 Å². The van der Waals surface area contributed by atoms with E-state index in [-0.39, 0.29) is 25.6 Å². The van der Waals surface area contributed by atoms with Crippen LogP contribution in [-0.4, -0.2) is 89.6 Å². The van der Waals surface area contributed by atoms with Crippen molar-refractivity contribution in [3.8, 4) is 0 Å². The summed E-state index contributed by atoms with van der Waals surface area (Å²) in [6, 6.07) is 0. The van der Waals surface area contributed by atoms with E-state index in [4.69, 9.17) is 18.9 Å². The zero-order valence-electron chi connectivity index (χ0n) is 36.1. The molecule has 6 unspecified atom stereocenters. The minimum atomic E-state index is -1.55. The maximum atomic E-state index is 12.8. The van der Waals surface area contributed by atoms with Crippen LogP contribution in [0.1, 0.15) is 174 Å². The summed E-state index contributed by atoms with van der Waals surface area (Å²) in [5.41, 5.74) is 0. The molecule has 0 aromatic heterocycles. The molecule has 0 radical (unpaired) electrons. The van der Waals surface area contributed by atoms with Crippen LogP contribution in [0.2, 0.25) is 0 Å². The van der Waals surface area contributed by atoms with Gasteiger partial charge in [-0.2, -0.15) is 0 Å². The number of esters is 1. The number of hydrogen-bond acceptors (Lipinski definition) is 9. The number of unbranched alkanes of at least 4 members (excludes halogenated alkanes) is 17. The van der Waals surface area contributed by atoms with E-state index in [0.29, 0.717) is 13.0 Å². The Balaban J connectivity index is 2.28. The third kappa shape index (κ3) is 30.6. The molecule has 0 spiro atoms. The molecule has 1 saturated heterocycles. The summed E-state index contributed by atoms with van der Waals surface area (Å²) >= 11 is 0. The van der Waals surface area contributed by atoms with Crippen LogP contribution in [0.3, 0.4) is 0 Å². The smallest absolute Gasteiger partial charge is 0.306 e. The molecule has 4 N–H and O–H groups in total. The molecule has 1 fully saturated rings. The first-order chi connectivity index (χ1) is 27.9. The minimum Gasteiger partial charge on any atom is -0.457 e. The Morgan fingerprint density at radius 3 is 1.63 bits per heavy atom. The Morgan fingerprint density at radius 1 is 0.579 bits per heavy atom. The first-order valence-corrected chi connectivity index (χ1v) is 22.9. The van der Waals surface area contributed by atoms with Gasteiger partial charge in [-0.15, -0.1) is 0 Å². The average molecular weight is 805 g/mol. The Labute approximate surface area is 347 Å². The number of carbonyl (C=O) groups is 1. The van der Waals surface area contributed by atoms with Crippen molar-refractivity contribution < 1.29 is 44.2 Å². The Kier molecular flexibility index (Phi) is 36.5. The van der Waals surface area contributed by atoms with Crippen molar-refractivity contribution in [3.05, 3.63) is 60.8 Å². The molecule has 330 valence electrons. The van der Waals surface area contributed by atoms with Gasteiger partial charge in [-0.25, -0.2) is 0 Å². The quantitative estimate of drug-likeness (QED) is 0.0273. The van der Waals surface area contributed by atoms with Gasteiger partial charge in [0.2, 0.25) is 0 Å². The minimum absolute atomic E-state index is 0.124. The number of allylic oxidation sites excluding steroid dienone is 10. The van der Waals surface area contributed by atoms with E-state index in [1.54, 1.807) is 0 Å². The molecule has 1 heterocycles. The van der Waals surface area contributed by atoms with Gasteiger partial charge in [-0.05, 0) is 77.0 Å². The third-order valence-electron chi connectivity index (χ3n) is 10.2. The molecule has 1 aliphatic heterocycles. The van der Waals surface area contributed by atoms with Crippen LogP contribution >= 0.6 is 0 Å². The largest absolute Gasteiger partial charge is 0.457 e. The van der Waals surface area contributed by atoms with Crippen molar-refractivity contribution in [3.63, 3.8) is 0 Å². The second kappa shape index (κ2) is 39.4.